The van der Waals surface area contributed by atoms with Crippen LogP contribution < -0.4 is 5.32 Å². The first kappa shape index (κ1) is 11.9. The van der Waals surface area contributed by atoms with Crippen molar-refractivity contribution in [2.45, 2.75) is 13.3 Å². The van der Waals surface area contributed by atoms with Crippen LogP contribution in [0.5, 0.6) is 0 Å². The number of rotatable bonds is 4. The molecule has 0 saturated carbocycles. The van der Waals surface area contributed by atoms with E-state index in [9.17, 15) is 4.39 Å². The number of halogens is 2. The molecule has 0 bridgehead atoms. The van der Waals surface area contributed by atoms with Crippen molar-refractivity contribution < 1.29 is 4.39 Å². The predicted octanol–water partition coefficient (Wildman–Crippen LogP) is 3.49. The highest BCUT2D eigenvalue weighted by Crippen LogP contribution is 2.21. The highest BCUT2D eigenvalue weighted by atomic mass is 35.5. The van der Waals surface area contributed by atoms with Crippen LogP contribution in [-0.2, 0) is 0 Å². The van der Waals surface area contributed by atoms with Gasteiger partial charge in [0.15, 0.2) is 0 Å². The van der Waals surface area contributed by atoms with Crippen LogP contribution in [0.3, 0.4) is 0 Å². The molecule has 0 aliphatic heterocycles. The van der Waals surface area contributed by atoms with Crippen molar-refractivity contribution in [3.8, 4) is 5.69 Å². The van der Waals surface area contributed by atoms with E-state index in [4.69, 9.17) is 11.6 Å². The van der Waals surface area contributed by atoms with Gasteiger partial charge in [0.25, 0.3) is 0 Å². The summed E-state index contributed by atoms with van der Waals surface area (Å²) >= 11 is 5.72. The summed E-state index contributed by atoms with van der Waals surface area (Å²) in [7, 11) is 0. The average molecular weight is 254 g/mol. The van der Waals surface area contributed by atoms with E-state index in [1.165, 1.54) is 6.07 Å². The highest BCUT2D eigenvalue weighted by molar-refractivity contribution is 6.30. The Kier molecular flexibility index (Phi) is 3.64. The average Bonchev–Trinajstić information content (AvgIpc) is 2.74. The lowest BCUT2D eigenvalue weighted by molar-refractivity contribution is 0.618. The molecule has 0 aliphatic carbocycles. The van der Waals surface area contributed by atoms with E-state index in [2.05, 4.69) is 17.2 Å². The first-order valence-electron chi connectivity index (χ1n) is 5.45. The fraction of sp³-hybridized carbons (Fsp3) is 0.250. The zero-order chi connectivity index (χ0) is 12.3. The predicted molar refractivity (Wildman–Crippen MR) is 67.3 cm³/mol. The Bertz CT molecular complexity index is 510. The summed E-state index contributed by atoms with van der Waals surface area (Å²) in [5.41, 5.74) is 0.436. The molecular weight excluding hydrogens is 241 g/mol. The van der Waals surface area contributed by atoms with E-state index in [0.29, 0.717) is 16.7 Å². The van der Waals surface area contributed by atoms with Crippen molar-refractivity contribution in [3.05, 3.63) is 41.4 Å². The van der Waals surface area contributed by atoms with Crippen LogP contribution in [0.25, 0.3) is 5.69 Å². The topological polar surface area (TPSA) is 29.9 Å². The first-order chi connectivity index (χ1) is 8.22. The van der Waals surface area contributed by atoms with Crippen molar-refractivity contribution in [1.82, 2.24) is 9.55 Å². The van der Waals surface area contributed by atoms with Gasteiger partial charge >= 0.3 is 0 Å². The van der Waals surface area contributed by atoms with Gasteiger partial charge in [0.2, 0.25) is 5.95 Å². The first-order valence-corrected chi connectivity index (χ1v) is 5.83. The van der Waals surface area contributed by atoms with Gasteiger partial charge in [0.1, 0.15) is 5.82 Å². The lowest BCUT2D eigenvalue weighted by Gasteiger charge is -2.10. The standard InChI is InChI=1S/C12H13ClFN3/c1-2-5-15-12-16-6-7-17(12)11-4-3-9(13)8-10(11)14/h3-4,6-8H,2,5H2,1H3,(H,15,16). The van der Waals surface area contributed by atoms with Crippen LogP contribution in [0.15, 0.2) is 30.6 Å². The summed E-state index contributed by atoms with van der Waals surface area (Å²) in [5, 5.41) is 3.52. The second kappa shape index (κ2) is 5.19. The summed E-state index contributed by atoms with van der Waals surface area (Å²) < 4.78 is 15.4. The fourth-order valence-electron chi connectivity index (χ4n) is 1.54. The Balaban J connectivity index is 2.35. The molecule has 0 radical (unpaired) electrons. The smallest absolute Gasteiger partial charge is 0.207 e. The molecule has 0 atom stereocenters. The molecule has 1 aromatic heterocycles. The number of aromatic nitrogens is 2. The van der Waals surface area contributed by atoms with Crippen molar-refractivity contribution >= 4 is 17.5 Å². The molecule has 5 heteroatoms. The minimum absolute atomic E-state index is 0.366. The maximum atomic E-state index is 13.8. The third-order valence-electron chi connectivity index (χ3n) is 2.34. The number of hydrogen-bond acceptors (Lipinski definition) is 2. The second-order valence-electron chi connectivity index (χ2n) is 3.64. The Morgan fingerprint density at radius 2 is 2.29 bits per heavy atom. The van der Waals surface area contributed by atoms with E-state index < -0.39 is 0 Å². The van der Waals surface area contributed by atoms with Crippen molar-refractivity contribution in [2.24, 2.45) is 0 Å². The molecule has 3 nitrogen and oxygen atoms in total. The van der Waals surface area contributed by atoms with E-state index in [1.54, 1.807) is 29.1 Å². The lowest BCUT2D eigenvalue weighted by atomic mass is 10.3. The number of benzene rings is 1. The SMILES string of the molecule is CCCNc1nccn1-c1ccc(Cl)cc1F. The molecule has 90 valence electrons. The molecule has 0 unspecified atom stereocenters. The van der Waals surface area contributed by atoms with Gasteiger partial charge in [0.05, 0.1) is 5.69 Å². The Morgan fingerprint density at radius 3 is 3.00 bits per heavy atom. The van der Waals surface area contributed by atoms with Crippen LogP contribution in [-0.4, -0.2) is 16.1 Å². The van der Waals surface area contributed by atoms with Gasteiger partial charge < -0.3 is 5.32 Å². The molecule has 0 aliphatic rings. The Morgan fingerprint density at radius 1 is 1.47 bits per heavy atom. The largest absolute Gasteiger partial charge is 0.355 e. The molecule has 2 rings (SSSR count). The number of imidazole rings is 1. The van der Waals surface area contributed by atoms with Gasteiger partial charge in [-0.25, -0.2) is 9.37 Å². The maximum absolute atomic E-state index is 13.8. The van der Waals surface area contributed by atoms with Gasteiger partial charge in [-0.1, -0.05) is 18.5 Å². The molecule has 0 saturated heterocycles. The molecule has 1 N–H and O–H groups in total. The van der Waals surface area contributed by atoms with Crippen molar-refractivity contribution in [1.29, 1.82) is 0 Å². The molecule has 17 heavy (non-hydrogen) atoms. The zero-order valence-electron chi connectivity index (χ0n) is 9.45. The highest BCUT2D eigenvalue weighted by Gasteiger charge is 2.09. The summed E-state index contributed by atoms with van der Waals surface area (Å²) in [6.45, 7) is 2.86. The lowest BCUT2D eigenvalue weighted by Crippen LogP contribution is -2.07. The molecule has 1 heterocycles. The number of hydrogen-bond donors (Lipinski definition) is 1. The molecular formula is C12H13ClFN3. The number of nitrogens with zero attached hydrogens (tertiary/aromatic N) is 2. The zero-order valence-corrected chi connectivity index (χ0v) is 10.2. The summed E-state index contributed by atoms with van der Waals surface area (Å²) in [4.78, 5) is 4.15. The van der Waals surface area contributed by atoms with Gasteiger partial charge in [-0.3, -0.25) is 4.57 Å². The van der Waals surface area contributed by atoms with Crippen LogP contribution in [0.2, 0.25) is 5.02 Å². The van der Waals surface area contributed by atoms with E-state index in [1.807, 2.05) is 0 Å². The quantitative estimate of drug-likeness (QED) is 0.904. The monoisotopic (exact) mass is 253 g/mol. The summed E-state index contributed by atoms with van der Waals surface area (Å²) in [5.74, 6) is 0.267. The fourth-order valence-corrected chi connectivity index (χ4v) is 1.70. The van der Waals surface area contributed by atoms with E-state index >= 15 is 0 Å². The third-order valence-corrected chi connectivity index (χ3v) is 2.58. The van der Waals surface area contributed by atoms with Gasteiger partial charge in [0, 0.05) is 24.0 Å². The molecule has 0 fully saturated rings. The van der Waals surface area contributed by atoms with Crippen LogP contribution in [0.1, 0.15) is 13.3 Å². The number of nitrogens with one attached hydrogen (secondary N) is 1. The minimum atomic E-state index is -0.366. The normalized spacial score (nSPS) is 10.5. The van der Waals surface area contributed by atoms with Crippen molar-refractivity contribution in [2.75, 3.05) is 11.9 Å². The van der Waals surface area contributed by atoms with Crippen LogP contribution in [0.4, 0.5) is 10.3 Å². The minimum Gasteiger partial charge on any atom is -0.355 e. The Labute approximate surface area is 104 Å². The van der Waals surface area contributed by atoms with Gasteiger partial charge in [-0.05, 0) is 24.6 Å². The molecule has 2 aromatic rings. The Hall–Kier alpha value is -1.55. The molecule has 0 spiro atoms. The summed E-state index contributed by atoms with van der Waals surface area (Å²) in [6.07, 6.45) is 4.33. The van der Waals surface area contributed by atoms with Crippen LogP contribution in [0, 0.1) is 5.82 Å². The van der Waals surface area contributed by atoms with E-state index in [0.717, 1.165) is 13.0 Å². The van der Waals surface area contributed by atoms with Gasteiger partial charge in [-0.15, -0.1) is 0 Å². The maximum Gasteiger partial charge on any atom is 0.207 e. The van der Waals surface area contributed by atoms with Gasteiger partial charge in [-0.2, -0.15) is 0 Å². The third kappa shape index (κ3) is 2.58. The molecule has 1 aromatic carbocycles. The van der Waals surface area contributed by atoms with E-state index in [-0.39, 0.29) is 5.82 Å². The second-order valence-corrected chi connectivity index (χ2v) is 4.08. The number of anilines is 1. The summed E-state index contributed by atoms with van der Waals surface area (Å²) in [6, 6.07) is 4.58. The molecule has 0 amide bonds. The van der Waals surface area contributed by atoms with Crippen molar-refractivity contribution in [3.63, 3.8) is 0 Å². The van der Waals surface area contributed by atoms with Crippen LogP contribution >= 0.6 is 11.6 Å².